The third kappa shape index (κ3) is 4.98. The highest BCUT2D eigenvalue weighted by atomic mass is 79.9. The van der Waals surface area contributed by atoms with E-state index >= 15 is 0 Å². The fourth-order valence-electron chi connectivity index (χ4n) is 1.64. The summed E-state index contributed by atoms with van der Waals surface area (Å²) in [5.41, 5.74) is 0.822. The van der Waals surface area contributed by atoms with Gasteiger partial charge in [-0.3, -0.25) is 4.79 Å². The fraction of sp³-hybridized carbons (Fsp3) is 0.500. The van der Waals surface area contributed by atoms with E-state index in [2.05, 4.69) is 49.4 Å². The van der Waals surface area contributed by atoms with E-state index in [0.717, 1.165) is 27.5 Å². The zero-order valence-electron chi connectivity index (χ0n) is 11.9. The monoisotopic (exact) mass is 406 g/mol. The zero-order valence-corrected chi connectivity index (χ0v) is 15.1. The Balaban J connectivity index is 2.70. The number of methoxy groups -OCH3 is 1. The molecule has 1 aromatic rings. The van der Waals surface area contributed by atoms with Gasteiger partial charge in [-0.25, -0.2) is 0 Å². The Morgan fingerprint density at radius 2 is 2.05 bits per heavy atom. The smallest absolute Gasteiger partial charge is 0.242 e. The first-order valence-electron chi connectivity index (χ1n) is 6.56. The molecule has 0 radical (unpaired) electrons. The molecule has 0 bridgehead atoms. The number of carbonyl (C=O) groups excluding carboxylic acids is 1. The van der Waals surface area contributed by atoms with Crippen LogP contribution in [0.5, 0.6) is 5.75 Å². The highest BCUT2D eigenvalue weighted by Crippen LogP contribution is 2.34. The van der Waals surface area contributed by atoms with Crippen molar-refractivity contribution < 1.29 is 9.53 Å². The van der Waals surface area contributed by atoms with Gasteiger partial charge in [0.2, 0.25) is 5.91 Å². The fourth-order valence-corrected chi connectivity index (χ4v) is 2.91. The first-order chi connectivity index (χ1) is 9.49. The molecule has 0 aliphatic heterocycles. The number of amides is 1. The molecule has 4 nitrogen and oxygen atoms in total. The molecule has 0 aromatic heterocycles. The van der Waals surface area contributed by atoms with Crippen LogP contribution in [0.4, 0.5) is 5.69 Å². The van der Waals surface area contributed by atoms with Gasteiger partial charge in [0.1, 0.15) is 11.8 Å². The second-order valence-electron chi connectivity index (χ2n) is 4.48. The minimum atomic E-state index is -0.311. The molecule has 1 amide bonds. The summed E-state index contributed by atoms with van der Waals surface area (Å²) >= 11 is 6.89. The zero-order chi connectivity index (χ0) is 15.1. The molecule has 2 N–H and O–H groups in total. The highest BCUT2D eigenvalue weighted by Gasteiger charge is 2.14. The van der Waals surface area contributed by atoms with Crippen molar-refractivity contribution in [3.8, 4) is 5.75 Å². The standard InChI is InChI=1S/C14H20Br2N2O2/c1-4-5-6-17-14(19)9(2)18-12-8-13(20-3)11(16)7-10(12)15/h7-9,18H,4-6H2,1-3H3,(H,17,19). The van der Waals surface area contributed by atoms with Gasteiger partial charge < -0.3 is 15.4 Å². The second kappa shape index (κ2) is 8.52. The third-order valence-electron chi connectivity index (χ3n) is 2.84. The molecule has 1 atom stereocenters. The summed E-state index contributed by atoms with van der Waals surface area (Å²) in [6, 6.07) is 3.43. The van der Waals surface area contributed by atoms with E-state index in [-0.39, 0.29) is 11.9 Å². The van der Waals surface area contributed by atoms with Crippen LogP contribution >= 0.6 is 31.9 Å². The molecule has 0 heterocycles. The summed E-state index contributed by atoms with van der Waals surface area (Å²) in [4.78, 5) is 11.9. The number of ether oxygens (including phenoxy) is 1. The lowest BCUT2D eigenvalue weighted by molar-refractivity contribution is -0.121. The molecule has 0 saturated carbocycles. The predicted octanol–water partition coefficient (Wildman–Crippen LogP) is 3.94. The average molecular weight is 408 g/mol. The Hall–Kier alpha value is -0.750. The van der Waals surface area contributed by atoms with E-state index in [4.69, 9.17) is 4.74 Å². The van der Waals surface area contributed by atoms with Gasteiger partial charge >= 0.3 is 0 Å². The predicted molar refractivity (Wildman–Crippen MR) is 89.4 cm³/mol. The number of nitrogens with one attached hydrogen (secondary N) is 2. The van der Waals surface area contributed by atoms with Gasteiger partial charge in [0.25, 0.3) is 0 Å². The maximum Gasteiger partial charge on any atom is 0.242 e. The number of hydrogen-bond acceptors (Lipinski definition) is 3. The molecule has 1 rings (SSSR count). The minimum absolute atomic E-state index is 0.00719. The lowest BCUT2D eigenvalue weighted by atomic mass is 10.2. The Morgan fingerprint density at radius 1 is 1.35 bits per heavy atom. The van der Waals surface area contributed by atoms with Crippen LogP contribution in [-0.2, 0) is 4.79 Å². The molecule has 1 aromatic carbocycles. The Morgan fingerprint density at radius 3 is 2.65 bits per heavy atom. The van der Waals surface area contributed by atoms with Gasteiger partial charge in [0.05, 0.1) is 17.3 Å². The summed E-state index contributed by atoms with van der Waals surface area (Å²) in [6.07, 6.45) is 2.06. The molecule has 0 saturated heterocycles. The van der Waals surface area contributed by atoms with Crippen molar-refractivity contribution in [3.63, 3.8) is 0 Å². The second-order valence-corrected chi connectivity index (χ2v) is 6.19. The number of carbonyl (C=O) groups is 1. The van der Waals surface area contributed by atoms with Crippen LogP contribution in [-0.4, -0.2) is 25.6 Å². The van der Waals surface area contributed by atoms with E-state index in [9.17, 15) is 4.79 Å². The molecule has 0 spiro atoms. The number of benzene rings is 1. The third-order valence-corrected chi connectivity index (χ3v) is 4.11. The van der Waals surface area contributed by atoms with Gasteiger partial charge in [-0.05, 0) is 51.3 Å². The molecular formula is C14H20Br2N2O2. The van der Waals surface area contributed by atoms with Gasteiger partial charge in [0, 0.05) is 17.1 Å². The van der Waals surface area contributed by atoms with E-state index in [1.165, 1.54) is 0 Å². The summed E-state index contributed by atoms with van der Waals surface area (Å²) < 4.78 is 6.99. The summed E-state index contributed by atoms with van der Waals surface area (Å²) in [5, 5.41) is 6.08. The Kier molecular flexibility index (Phi) is 7.37. The van der Waals surface area contributed by atoms with E-state index in [0.29, 0.717) is 12.3 Å². The lowest BCUT2D eigenvalue weighted by Crippen LogP contribution is -2.38. The first kappa shape index (κ1) is 17.3. The van der Waals surface area contributed by atoms with Crippen LogP contribution in [0.3, 0.4) is 0 Å². The Labute approximate surface area is 136 Å². The van der Waals surface area contributed by atoms with Crippen LogP contribution in [0.25, 0.3) is 0 Å². The highest BCUT2D eigenvalue weighted by molar-refractivity contribution is 9.11. The molecule has 112 valence electrons. The van der Waals surface area contributed by atoms with Crippen LogP contribution in [0.15, 0.2) is 21.1 Å². The quantitative estimate of drug-likeness (QED) is 0.673. The van der Waals surface area contributed by atoms with Crippen molar-refractivity contribution in [3.05, 3.63) is 21.1 Å². The van der Waals surface area contributed by atoms with Gasteiger partial charge in [-0.1, -0.05) is 13.3 Å². The lowest BCUT2D eigenvalue weighted by Gasteiger charge is -2.17. The summed E-state index contributed by atoms with van der Waals surface area (Å²) in [5.74, 6) is 0.710. The van der Waals surface area contributed by atoms with Crippen molar-refractivity contribution in [2.24, 2.45) is 0 Å². The number of hydrogen-bond donors (Lipinski definition) is 2. The molecule has 0 aliphatic rings. The average Bonchev–Trinajstić information content (AvgIpc) is 2.41. The van der Waals surface area contributed by atoms with Gasteiger partial charge in [-0.2, -0.15) is 0 Å². The van der Waals surface area contributed by atoms with Crippen molar-refractivity contribution >= 4 is 43.5 Å². The van der Waals surface area contributed by atoms with Crippen LogP contribution < -0.4 is 15.4 Å². The van der Waals surface area contributed by atoms with Crippen molar-refractivity contribution in [2.75, 3.05) is 19.0 Å². The van der Waals surface area contributed by atoms with E-state index in [1.54, 1.807) is 7.11 Å². The van der Waals surface area contributed by atoms with Crippen molar-refractivity contribution in [2.45, 2.75) is 32.7 Å². The molecular weight excluding hydrogens is 388 g/mol. The topological polar surface area (TPSA) is 50.4 Å². The molecule has 0 fully saturated rings. The van der Waals surface area contributed by atoms with Crippen molar-refractivity contribution in [1.29, 1.82) is 0 Å². The first-order valence-corrected chi connectivity index (χ1v) is 8.15. The number of anilines is 1. The minimum Gasteiger partial charge on any atom is -0.495 e. The maximum atomic E-state index is 11.9. The normalized spacial score (nSPS) is 11.8. The molecule has 1 unspecified atom stereocenters. The maximum absolute atomic E-state index is 11.9. The molecule has 20 heavy (non-hydrogen) atoms. The SMILES string of the molecule is CCCCNC(=O)C(C)Nc1cc(OC)c(Br)cc1Br. The Bertz CT molecular complexity index is 467. The van der Waals surface area contributed by atoms with Crippen LogP contribution in [0.2, 0.25) is 0 Å². The number of halogens is 2. The van der Waals surface area contributed by atoms with Crippen molar-refractivity contribution in [1.82, 2.24) is 5.32 Å². The summed E-state index contributed by atoms with van der Waals surface area (Å²) in [7, 11) is 1.61. The number of rotatable bonds is 7. The van der Waals surface area contributed by atoms with Crippen LogP contribution in [0.1, 0.15) is 26.7 Å². The van der Waals surface area contributed by atoms with E-state index in [1.807, 2.05) is 19.1 Å². The largest absolute Gasteiger partial charge is 0.495 e. The van der Waals surface area contributed by atoms with Crippen LogP contribution in [0, 0.1) is 0 Å². The molecule has 0 aliphatic carbocycles. The summed E-state index contributed by atoms with van der Waals surface area (Å²) in [6.45, 7) is 4.65. The number of unbranched alkanes of at least 4 members (excludes halogenated alkanes) is 1. The molecule has 6 heteroatoms. The van der Waals surface area contributed by atoms with E-state index < -0.39 is 0 Å². The van der Waals surface area contributed by atoms with Gasteiger partial charge in [0.15, 0.2) is 0 Å². The van der Waals surface area contributed by atoms with Gasteiger partial charge in [-0.15, -0.1) is 0 Å².